The van der Waals surface area contributed by atoms with Gasteiger partial charge in [-0.25, -0.2) is 0 Å². The first kappa shape index (κ1) is 19.9. The van der Waals surface area contributed by atoms with Gasteiger partial charge in [0.05, 0.1) is 13.2 Å². The van der Waals surface area contributed by atoms with Crippen LogP contribution in [0, 0.1) is 0 Å². The summed E-state index contributed by atoms with van der Waals surface area (Å²) < 4.78 is 5.37. The fraction of sp³-hybridized carbons (Fsp3) is 0.364. The van der Waals surface area contributed by atoms with Gasteiger partial charge in [0, 0.05) is 31.9 Å². The van der Waals surface area contributed by atoms with Crippen LogP contribution < -0.4 is 15.5 Å². The van der Waals surface area contributed by atoms with Crippen molar-refractivity contribution in [1.82, 2.24) is 10.6 Å². The number of benzene rings is 2. The summed E-state index contributed by atoms with van der Waals surface area (Å²) in [6, 6.07) is 18.2. The Morgan fingerprint density at radius 3 is 1.89 bits per heavy atom. The molecule has 28 heavy (non-hydrogen) atoms. The van der Waals surface area contributed by atoms with Crippen molar-refractivity contribution in [3.05, 3.63) is 65.7 Å². The number of ether oxygens (including phenoxy) is 1. The number of morpholine rings is 1. The van der Waals surface area contributed by atoms with Crippen molar-refractivity contribution < 1.29 is 14.3 Å². The van der Waals surface area contributed by atoms with E-state index in [0.29, 0.717) is 25.9 Å². The quantitative estimate of drug-likeness (QED) is 0.714. The monoisotopic (exact) mass is 381 g/mol. The van der Waals surface area contributed by atoms with Gasteiger partial charge in [-0.1, -0.05) is 42.5 Å². The normalized spacial score (nSPS) is 13.8. The molecule has 6 heteroatoms. The van der Waals surface area contributed by atoms with E-state index in [-0.39, 0.29) is 0 Å². The summed E-state index contributed by atoms with van der Waals surface area (Å²) in [6.45, 7) is 4.23. The van der Waals surface area contributed by atoms with Crippen LogP contribution in [0.15, 0.2) is 54.6 Å². The number of rotatable bonds is 7. The van der Waals surface area contributed by atoms with Crippen molar-refractivity contribution in [2.75, 3.05) is 44.3 Å². The summed E-state index contributed by atoms with van der Waals surface area (Å²) in [5.41, 5.74) is 3.44. The average Bonchev–Trinajstić information content (AvgIpc) is 2.75. The molecule has 0 radical (unpaired) electrons. The standard InChI is InChI=1S/C22H27N3O3/c26-21(23-12-10-18-4-2-1-3-5-18)22(27)24-13-11-19-6-8-20(9-7-19)25-14-16-28-17-15-25/h1-9H,10-17H2,(H,23,26)(H,24,27). The van der Waals surface area contributed by atoms with Crippen molar-refractivity contribution in [3.8, 4) is 0 Å². The first-order valence-electron chi connectivity index (χ1n) is 9.74. The van der Waals surface area contributed by atoms with Gasteiger partial charge in [-0.3, -0.25) is 9.59 Å². The van der Waals surface area contributed by atoms with Crippen LogP contribution in [0.2, 0.25) is 0 Å². The van der Waals surface area contributed by atoms with Crippen LogP contribution in [0.4, 0.5) is 5.69 Å². The molecule has 0 bridgehead atoms. The number of hydrogen-bond acceptors (Lipinski definition) is 4. The van der Waals surface area contributed by atoms with Crippen molar-refractivity contribution in [2.45, 2.75) is 12.8 Å². The first-order valence-corrected chi connectivity index (χ1v) is 9.74. The molecule has 6 nitrogen and oxygen atoms in total. The van der Waals surface area contributed by atoms with Gasteiger partial charge in [0.15, 0.2) is 0 Å². The molecule has 1 saturated heterocycles. The Labute approximate surface area is 165 Å². The van der Waals surface area contributed by atoms with Crippen LogP contribution in [-0.4, -0.2) is 51.2 Å². The molecule has 2 N–H and O–H groups in total. The Hall–Kier alpha value is -2.86. The van der Waals surface area contributed by atoms with E-state index in [2.05, 4.69) is 39.8 Å². The number of carbonyl (C=O) groups excluding carboxylic acids is 2. The molecule has 2 amide bonds. The van der Waals surface area contributed by atoms with Gasteiger partial charge in [-0.2, -0.15) is 0 Å². The van der Waals surface area contributed by atoms with Crippen LogP contribution in [0.25, 0.3) is 0 Å². The van der Waals surface area contributed by atoms with Crippen molar-refractivity contribution in [2.24, 2.45) is 0 Å². The van der Waals surface area contributed by atoms with E-state index in [9.17, 15) is 9.59 Å². The topological polar surface area (TPSA) is 70.7 Å². The third kappa shape index (κ3) is 6.09. The predicted octanol–water partition coefficient (Wildman–Crippen LogP) is 1.54. The second-order valence-electron chi connectivity index (χ2n) is 6.76. The van der Waals surface area contributed by atoms with E-state index in [0.717, 1.165) is 37.4 Å². The predicted molar refractivity (Wildman–Crippen MR) is 109 cm³/mol. The smallest absolute Gasteiger partial charge is 0.309 e. The van der Waals surface area contributed by atoms with Gasteiger partial charge in [-0.15, -0.1) is 0 Å². The summed E-state index contributed by atoms with van der Waals surface area (Å²) in [5.74, 6) is -1.17. The lowest BCUT2D eigenvalue weighted by molar-refractivity contribution is -0.139. The zero-order chi connectivity index (χ0) is 19.6. The SMILES string of the molecule is O=C(NCCc1ccccc1)C(=O)NCCc1ccc(N2CCOCC2)cc1. The van der Waals surface area contributed by atoms with Gasteiger partial charge in [-0.05, 0) is 36.1 Å². The summed E-state index contributed by atoms with van der Waals surface area (Å²) >= 11 is 0. The molecule has 0 unspecified atom stereocenters. The van der Waals surface area contributed by atoms with Gasteiger partial charge in [0.1, 0.15) is 0 Å². The maximum absolute atomic E-state index is 11.9. The molecule has 1 aliphatic rings. The minimum Gasteiger partial charge on any atom is -0.378 e. The highest BCUT2D eigenvalue weighted by Crippen LogP contribution is 2.16. The molecular weight excluding hydrogens is 354 g/mol. The minimum absolute atomic E-state index is 0.432. The van der Waals surface area contributed by atoms with E-state index in [1.54, 1.807) is 0 Å². The van der Waals surface area contributed by atoms with E-state index >= 15 is 0 Å². The highest BCUT2D eigenvalue weighted by atomic mass is 16.5. The van der Waals surface area contributed by atoms with E-state index in [4.69, 9.17) is 4.74 Å². The van der Waals surface area contributed by atoms with Crippen LogP contribution in [0.5, 0.6) is 0 Å². The summed E-state index contributed by atoms with van der Waals surface area (Å²) in [7, 11) is 0. The lowest BCUT2D eigenvalue weighted by Gasteiger charge is -2.28. The molecule has 0 aromatic heterocycles. The first-order chi connectivity index (χ1) is 13.7. The number of carbonyl (C=O) groups is 2. The lowest BCUT2D eigenvalue weighted by atomic mass is 10.1. The van der Waals surface area contributed by atoms with Gasteiger partial charge in [0.2, 0.25) is 0 Å². The molecule has 2 aromatic rings. The maximum atomic E-state index is 11.9. The Balaban J connectivity index is 1.34. The fourth-order valence-corrected chi connectivity index (χ4v) is 3.14. The van der Waals surface area contributed by atoms with Crippen LogP contribution in [-0.2, 0) is 27.2 Å². The van der Waals surface area contributed by atoms with Crippen LogP contribution in [0.3, 0.4) is 0 Å². The van der Waals surface area contributed by atoms with E-state index in [1.165, 1.54) is 5.69 Å². The molecule has 0 aliphatic carbocycles. The Morgan fingerprint density at radius 1 is 0.786 bits per heavy atom. The summed E-state index contributed by atoms with van der Waals surface area (Å²) in [5, 5.41) is 5.34. The Bertz CT molecular complexity index is 756. The van der Waals surface area contributed by atoms with Crippen molar-refractivity contribution in [3.63, 3.8) is 0 Å². The van der Waals surface area contributed by atoms with E-state index in [1.807, 2.05) is 30.3 Å². The third-order valence-electron chi connectivity index (χ3n) is 4.76. The molecule has 0 saturated carbocycles. The molecule has 148 valence electrons. The van der Waals surface area contributed by atoms with E-state index < -0.39 is 11.8 Å². The number of nitrogens with one attached hydrogen (secondary N) is 2. The molecule has 3 rings (SSSR count). The summed E-state index contributed by atoms with van der Waals surface area (Å²) in [6.07, 6.45) is 1.39. The van der Waals surface area contributed by atoms with Gasteiger partial charge >= 0.3 is 11.8 Å². The lowest BCUT2D eigenvalue weighted by Crippen LogP contribution is -2.41. The average molecular weight is 381 g/mol. The second-order valence-corrected chi connectivity index (χ2v) is 6.76. The maximum Gasteiger partial charge on any atom is 0.309 e. The van der Waals surface area contributed by atoms with Crippen molar-refractivity contribution >= 4 is 17.5 Å². The number of nitrogens with zero attached hydrogens (tertiary/aromatic N) is 1. The molecule has 0 atom stereocenters. The largest absolute Gasteiger partial charge is 0.378 e. The number of anilines is 1. The zero-order valence-corrected chi connectivity index (χ0v) is 16.0. The van der Waals surface area contributed by atoms with Crippen LogP contribution >= 0.6 is 0 Å². The molecule has 1 aliphatic heterocycles. The number of hydrogen-bond donors (Lipinski definition) is 2. The zero-order valence-electron chi connectivity index (χ0n) is 16.0. The van der Waals surface area contributed by atoms with Gasteiger partial charge in [0.25, 0.3) is 0 Å². The molecular formula is C22H27N3O3. The molecule has 2 aromatic carbocycles. The highest BCUT2D eigenvalue weighted by molar-refractivity contribution is 6.35. The molecule has 1 heterocycles. The second kappa shape index (κ2) is 10.5. The molecule has 1 fully saturated rings. The summed E-state index contributed by atoms with van der Waals surface area (Å²) in [4.78, 5) is 26.1. The van der Waals surface area contributed by atoms with Gasteiger partial charge < -0.3 is 20.3 Å². The van der Waals surface area contributed by atoms with Crippen LogP contribution in [0.1, 0.15) is 11.1 Å². The number of amides is 2. The Morgan fingerprint density at radius 2 is 1.32 bits per heavy atom. The Kier molecular flexibility index (Phi) is 7.44. The fourth-order valence-electron chi connectivity index (χ4n) is 3.14. The highest BCUT2D eigenvalue weighted by Gasteiger charge is 2.13. The van der Waals surface area contributed by atoms with Crippen molar-refractivity contribution in [1.29, 1.82) is 0 Å². The molecule has 0 spiro atoms. The third-order valence-corrected chi connectivity index (χ3v) is 4.76. The minimum atomic E-state index is -0.585.